The number of benzene rings is 2. The van der Waals surface area contributed by atoms with Crippen LogP contribution in [0.25, 0.3) is 0 Å². The van der Waals surface area contributed by atoms with Crippen LogP contribution in [0, 0.1) is 0 Å². The van der Waals surface area contributed by atoms with Crippen LogP contribution in [0.4, 0.5) is 0 Å². The summed E-state index contributed by atoms with van der Waals surface area (Å²) in [7, 11) is 0. The number of rotatable bonds is 5. The Bertz CT molecular complexity index is 759. The molecule has 1 fully saturated rings. The van der Waals surface area contributed by atoms with Crippen molar-refractivity contribution in [3.63, 3.8) is 0 Å². The first-order valence-electron chi connectivity index (χ1n) is 9.80. The van der Waals surface area contributed by atoms with Gasteiger partial charge in [0.05, 0.1) is 4.90 Å². The topological polar surface area (TPSA) is 41.9 Å². The van der Waals surface area contributed by atoms with E-state index in [9.17, 15) is 5.11 Å². The molecule has 0 saturated carbocycles. The summed E-state index contributed by atoms with van der Waals surface area (Å²) >= 11 is 1.74. The lowest BCUT2D eigenvalue weighted by molar-refractivity contribution is 0.183. The highest BCUT2D eigenvalue weighted by Gasteiger charge is 2.29. The maximum absolute atomic E-state index is 9.66. The van der Waals surface area contributed by atoms with E-state index in [0.717, 1.165) is 35.1 Å². The largest absolute Gasteiger partial charge is 0.508 e. The first kappa shape index (κ1) is 18.5. The number of likely N-dealkylation sites (tertiary alicyclic amines) is 1. The van der Waals surface area contributed by atoms with Crippen LogP contribution < -0.4 is 9.47 Å². The zero-order chi connectivity index (χ0) is 18.6. The Hall–Kier alpha value is -1.85. The first-order valence-corrected chi connectivity index (χ1v) is 10.7. The molecule has 2 heterocycles. The predicted octanol–water partition coefficient (Wildman–Crippen LogP) is 4.87. The average Bonchev–Trinajstić information content (AvgIpc) is 2.69. The van der Waals surface area contributed by atoms with Crippen molar-refractivity contribution in [1.29, 1.82) is 0 Å². The van der Waals surface area contributed by atoms with Gasteiger partial charge in [0.1, 0.15) is 30.0 Å². The minimum Gasteiger partial charge on any atom is -0.508 e. The van der Waals surface area contributed by atoms with Crippen LogP contribution in [0.2, 0.25) is 0 Å². The van der Waals surface area contributed by atoms with Gasteiger partial charge in [0, 0.05) is 11.8 Å². The Labute approximate surface area is 165 Å². The third-order valence-electron chi connectivity index (χ3n) is 5.25. The number of piperidine rings is 1. The SMILES string of the molecule is CC1Sc2cc(O)ccc2OC1c1ccc(OCCN2CCCCC2)cc1. The van der Waals surface area contributed by atoms with E-state index >= 15 is 0 Å². The van der Waals surface area contributed by atoms with E-state index in [1.54, 1.807) is 23.9 Å². The van der Waals surface area contributed by atoms with Crippen molar-refractivity contribution in [2.45, 2.75) is 42.4 Å². The molecule has 0 radical (unpaired) electrons. The van der Waals surface area contributed by atoms with Crippen molar-refractivity contribution >= 4 is 11.8 Å². The molecule has 2 aromatic carbocycles. The molecule has 0 spiro atoms. The van der Waals surface area contributed by atoms with E-state index in [1.165, 1.54) is 32.4 Å². The van der Waals surface area contributed by atoms with Crippen LogP contribution in [0.15, 0.2) is 47.4 Å². The zero-order valence-electron chi connectivity index (χ0n) is 15.8. The molecule has 2 aliphatic rings. The first-order chi connectivity index (χ1) is 13.2. The van der Waals surface area contributed by atoms with Gasteiger partial charge in [-0.05, 0) is 68.8 Å². The molecule has 4 rings (SSSR count). The summed E-state index contributed by atoms with van der Waals surface area (Å²) in [6.45, 7) is 6.31. The van der Waals surface area contributed by atoms with Crippen molar-refractivity contribution in [3.8, 4) is 17.2 Å². The summed E-state index contributed by atoms with van der Waals surface area (Å²) in [6.07, 6.45) is 3.99. The molecule has 0 amide bonds. The van der Waals surface area contributed by atoms with Crippen LogP contribution in [0.3, 0.4) is 0 Å². The van der Waals surface area contributed by atoms with E-state index in [4.69, 9.17) is 9.47 Å². The summed E-state index contributed by atoms with van der Waals surface area (Å²) in [5.41, 5.74) is 1.15. The zero-order valence-corrected chi connectivity index (χ0v) is 16.6. The molecular formula is C22H27NO3S. The third kappa shape index (κ3) is 4.53. The second-order valence-electron chi connectivity index (χ2n) is 7.31. The number of fused-ring (bicyclic) bond motifs is 1. The van der Waals surface area contributed by atoms with E-state index in [-0.39, 0.29) is 17.1 Å². The molecular weight excluding hydrogens is 358 g/mol. The fourth-order valence-corrected chi connectivity index (χ4v) is 4.91. The Kier molecular flexibility index (Phi) is 5.79. The van der Waals surface area contributed by atoms with Crippen molar-refractivity contribution in [1.82, 2.24) is 4.90 Å². The predicted molar refractivity (Wildman–Crippen MR) is 109 cm³/mol. The highest BCUT2D eigenvalue weighted by Crippen LogP contribution is 2.46. The summed E-state index contributed by atoms with van der Waals surface area (Å²) in [5.74, 6) is 2.03. The Balaban J connectivity index is 1.35. The lowest BCUT2D eigenvalue weighted by Crippen LogP contribution is -2.33. The van der Waals surface area contributed by atoms with Crippen LogP contribution in [-0.4, -0.2) is 41.5 Å². The summed E-state index contributed by atoms with van der Waals surface area (Å²) < 4.78 is 12.1. The lowest BCUT2D eigenvalue weighted by Gasteiger charge is -2.31. The van der Waals surface area contributed by atoms with Crippen molar-refractivity contribution < 1.29 is 14.6 Å². The molecule has 1 N–H and O–H groups in total. The van der Waals surface area contributed by atoms with Crippen molar-refractivity contribution in [2.75, 3.05) is 26.2 Å². The number of hydrogen-bond acceptors (Lipinski definition) is 5. The number of ether oxygens (including phenoxy) is 2. The van der Waals surface area contributed by atoms with E-state index in [2.05, 4.69) is 24.0 Å². The van der Waals surface area contributed by atoms with Gasteiger partial charge in [0.2, 0.25) is 0 Å². The number of phenols is 1. The number of hydrogen-bond donors (Lipinski definition) is 1. The van der Waals surface area contributed by atoms with Gasteiger partial charge in [0.25, 0.3) is 0 Å². The summed E-state index contributed by atoms with van der Waals surface area (Å²) in [6, 6.07) is 13.6. The van der Waals surface area contributed by atoms with Crippen LogP contribution in [-0.2, 0) is 0 Å². The van der Waals surface area contributed by atoms with Gasteiger partial charge in [-0.3, -0.25) is 4.90 Å². The van der Waals surface area contributed by atoms with E-state index in [1.807, 2.05) is 18.2 Å². The fraction of sp³-hybridized carbons (Fsp3) is 0.455. The smallest absolute Gasteiger partial charge is 0.136 e. The van der Waals surface area contributed by atoms with Gasteiger partial charge in [-0.15, -0.1) is 11.8 Å². The molecule has 1 saturated heterocycles. The lowest BCUT2D eigenvalue weighted by atomic mass is 10.1. The standard InChI is InChI=1S/C22H27NO3S/c1-16-22(26-20-10-7-18(24)15-21(20)27-16)17-5-8-19(9-6-17)25-14-13-23-11-3-2-4-12-23/h5-10,15-16,22,24H,2-4,11-14H2,1H3. The highest BCUT2D eigenvalue weighted by atomic mass is 32.2. The quantitative estimate of drug-likeness (QED) is 0.795. The molecule has 4 nitrogen and oxygen atoms in total. The van der Waals surface area contributed by atoms with Crippen molar-refractivity contribution in [3.05, 3.63) is 48.0 Å². The highest BCUT2D eigenvalue weighted by molar-refractivity contribution is 8.00. The number of phenolic OH excluding ortho intramolecular Hbond substituents is 1. The Morgan fingerprint density at radius 3 is 2.67 bits per heavy atom. The summed E-state index contributed by atoms with van der Waals surface area (Å²) in [5, 5.41) is 9.92. The molecule has 0 bridgehead atoms. The van der Waals surface area contributed by atoms with Gasteiger partial charge in [-0.25, -0.2) is 0 Å². The molecule has 0 aromatic heterocycles. The summed E-state index contributed by atoms with van der Waals surface area (Å²) in [4.78, 5) is 3.48. The minimum absolute atomic E-state index is 0.00515. The molecule has 0 aliphatic carbocycles. The second-order valence-corrected chi connectivity index (χ2v) is 8.73. The minimum atomic E-state index is -0.00515. The average molecular weight is 386 g/mol. The molecule has 2 atom stereocenters. The number of aromatic hydroxyl groups is 1. The van der Waals surface area contributed by atoms with Gasteiger partial charge >= 0.3 is 0 Å². The fourth-order valence-electron chi connectivity index (χ4n) is 3.75. The van der Waals surface area contributed by atoms with Crippen molar-refractivity contribution in [2.24, 2.45) is 0 Å². The Morgan fingerprint density at radius 2 is 1.89 bits per heavy atom. The molecule has 2 unspecified atom stereocenters. The van der Waals surface area contributed by atoms with Crippen LogP contribution >= 0.6 is 11.8 Å². The van der Waals surface area contributed by atoms with Gasteiger partial charge in [-0.2, -0.15) is 0 Å². The molecule has 27 heavy (non-hydrogen) atoms. The number of nitrogens with zero attached hydrogens (tertiary/aromatic N) is 1. The third-order valence-corrected chi connectivity index (χ3v) is 6.45. The Morgan fingerprint density at radius 1 is 1.11 bits per heavy atom. The number of thioether (sulfide) groups is 1. The molecule has 144 valence electrons. The maximum atomic E-state index is 9.66. The van der Waals surface area contributed by atoms with Gasteiger partial charge < -0.3 is 14.6 Å². The molecule has 2 aliphatic heterocycles. The van der Waals surface area contributed by atoms with Crippen LogP contribution in [0.5, 0.6) is 17.2 Å². The molecule has 2 aromatic rings. The molecule has 5 heteroatoms. The second kappa shape index (κ2) is 8.44. The maximum Gasteiger partial charge on any atom is 0.136 e. The van der Waals surface area contributed by atoms with Gasteiger partial charge in [0.15, 0.2) is 0 Å². The van der Waals surface area contributed by atoms with E-state index < -0.39 is 0 Å². The van der Waals surface area contributed by atoms with Crippen LogP contribution in [0.1, 0.15) is 37.9 Å². The monoisotopic (exact) mass is 385 g/mol. The normalized spacial score (nSPS) is 22.7. The van der Waals surface area contributed by atoms with E-state index in [0.29, 0.717) is 0 Å². The van der Waals surface area contributed by atoms with Gasteiger partial charge in [-0.1, -0.05) is 18.6 Å².